The van der Waals surface area contributed by atoms with Crippen LogP contribution in [0.5, 0.6) is 0 Å². The van der Waals surface area contributed by atoms with Crippen molar-refractivity contribution in [1.29, 1.82) is 0 Å². The molecule has 1 N–H and O–H groups in total. The summed E-state index contributed by atoms with van der Waals surface area (Å²) in [5.74, 6) is 0. The Balaban J connectivity index is 2.22. The predicted molar refractivity (Wildman–Crippen MR) is 77.5 cm³/mol. The second-order valence-corrected chi connectivity index (χ2v) is 5.31. The maximum Gasteiger partial charge on any atom is 0.0845 e. The largest absolute Gasteiger partial charge is 0.388 e. The van der Waals surface area contributed by atoms with E-state index in [1.54, 1.807) is 0 Å². The first-order chi connectivity index (χ1) is 8.99. The maximum atomic E-state index is 10.4. The molecule has 19 heavy (non-hydrogen) atoms. The molecule has 4 heteroatoms. The van der Waals surface area contributed by atoms with Crippen molar-refractivity contribution < 1.29 is 5.11 Å². The van der Waals surface area contributed by atoms with Crippen LogP contribution in [0.25, 0.3) is 0 Å². The van der Waals surface area contributed by atoms with Crippen LogP contribution in [0.1, 0.15) is 35.5 Å². The van der Waals surface area contributed by atoms with Gasteiger partial charge < -0.3 is 5.11 Å². The van der Waals surface area contributed by atoms with Crippen molar-refractivity contribution >= 4 is 11.6 Å². The molecule has 1 atom stereocenters. The van der Waals surface area contributed by atoms with Gasteiger partial charge in [-0.1, -0.05) is 17.7 Å². The molecule has 0 fully saturated rings. The molecular weight excluding hydrogens is 260 g/mol. The zero-order valence-corrected chi connectivity index (χ0v) is 12.3. The topological polar surface area (TPSA) is 38.0 Å². The van der Waals surface area contributed by atoms with Gasteiger partial charge in [-0.15, -0.1) is 0 Å². The van der Waals surface area contributed by atoms with Crippen LogP contribution in [0.2, 0.25) is 5.02 Å². The molecule has 0 saturated carbocycles. The average Bonchev–Trinajstić information content (AvgIpc) is 2.68. The van der Waals surface area contributed by atoms with Gasteiger partial charge in [0.15, 0.2) is 0 Å². The summed E-state index contributed by atoms with van der Waals surface area (Å²) < 4.78 is 1.93. The molecule has 2 rings (SSSR count). The van der Waals surface area contributed by atoms with Crippen molar-refractivity contribution in [2.45, 2.75) is 39.8 Å². The van der Waals surface area contributed by atoms with E-state index in [0.29, 0.717) is 11.4 Å². The Morgan fingerprint density at radius 2 is 2.00 bits per heavy atom. The summed E-state index contributed by atoms with van der Waals surface area (Å²) in [5, 5.41) is 15.4. The molecule has 0 radical (unpaired) electrons. The highest BCUT2D eigenvalue weighted by Crippen LogP contribution is 2.23. The Morgan fingerprint density at radius 1 is 1.26 bits per heavy atom. The summed E-state index contributed by atoms with van der Waals surface area (Å²) in [6, 6.07) is 7.69. The van der Waals surface area contributed by atoms with E-state index in [2.05, 4.69) is 5.10 Å². The molecule has 0 spiro atoms. The van der Waals surface area contributed by atoms with Crippen molar-refractivity contribution in [3.63, 3.8) is 0 Å². The number of halogens is 1. The Labute approximate surface area is 118 Å². The first-order valence-electron chi connectivity index (χ1n) is 6.48. The third-order valence-corrected chi connectivity index (χ3v) is 3.35. The Kier molecular flexibility index (Phi) is 4.27. The van der Waals surface area contributed by atoms with E-state index in [9.17, 15) is 5.11 Å². The van der Waals surface area contributed by atoms with Gasteiger partial charge in [0.1, 0.15) is 0 Å². The standard InChI is InChI=1S/C15H19ClN2O/c1-4-18-14(7-11(3)17-18)9-15(19)12-5-10(2)6-13(16)8-12/h5-8,15,19H,4,9H2,1-3H3. The minimum absolute atomic E-state index is 0.550. The second kappa shape index (κ2) is 5.76. The summed E-state index contributed by atoms with van der Waals surface area (Å²) in [4.78, 5) is 0. The Hall–Kier alpha value is -1.32. The molecule has 0 saturated heterocycles. The molecule has 0 amide bonds. The minimum Gasteiger partial charge on any atom is -0.388 e. The molecule has 3 nitrogen and oxygen atoms in total. The quantitative estimate of drug-likeness (QED) is 0.930. The first kappa shape index (κ1) is 14.1. The summed E-state index contributed by atoms with van der Waals surface area (Å²) in [6.45, 7) is 6.80. The number of rotatable bonds is 4. The van der Waals surface area contributed by atoms with Gasteiger partial charge in [0.25, 0.3) is 0 Å². The van der Waals surface area contributed by atoms with E-state index in [1.807, 2.05) is 49.7 Å². The molecule has 102 valence electrons. The van der Waals surface area contributed by atoms with Gasteiger partial charge in [0, 0.05) is 23.7 Å². The van der Waals surface area contributed by atoms with Gasteiger partial charge in [-0.2, -0.15) is 5.10 Å². The Morgan fingerprint density at radius 3 is 2.63 bits per heavy atom. The minimum atomic E-state index is -0.557. The van der Waals surface area contributed by atoms with Crippen LogP contribution in [0.3, 0.4) is 0 Å². The molecule has 1 aromatic heterocycles. The van der Waals surface area contributed by atoms with Crippen LogP contribution in [0.4, 0.5) is 0 Å². The lowest BCUT2D eigenvalue weighted by Crippen LogP contribution is -2.08. The molecule has 0 aliphatic carbocycles. The summed E-state index contributed by atoms with van der Waals surface area (Å²) in [7, 11) is 0. The fraction of sp³-hybridized carbons (Fsp3) is 0.400. The van der Waals surface area contributed by atoms with Crippen molar-refractivity contribution in [2.75, 3.05) is 0 Å². The number of aliphatic hydroxyl groups is 1. The molecule has 1 aromatic carbocycles. The third kappa shape index (κ3) is 3.37. The van der Waals surface area contributed by atoms with Gasteiger partial charge >= 0.3 is 0 Å². The molecule has 0 aliphatic rings. The number of hydrogen-bond donors (Lipinski definition) is 1. The first-order valence-corrected chi connectivity index (χ1v) is 6.86. The van der Waals surface area contributed by atoms with E-state index in [4.69, 9.17) is 11.6 Å². The highest BCUT2D eigenvalue weighted by molar-refractivity contribution is 6.30. The molecule has 0 aliphatic heterocycles. The summed E-state index contributed by atoms with van der Waals surface area (Å²) in [6.07, 6.45) is -0.00660. The maximum absolute atomic E-state index is 10.4. The zero-order valence-electron chi connectivity index (χ0n) is 11.5. The van der Waals surface area contributed by atoms with Crippen molar-refractivity contribution in [3.8, 4) is 0 Å². The monoisotopic (exact) mass is 278 g/mol. The van der Waals surface area contributed by atoms with Crippen LogP contribution < -0.4 is 0 Å². The molecule has 1 heterocycles. The van der Waals surface area contributed by atoms with Gasteiger partial charge in [-0.25, -0.2) is 0 Å². The van der Waals surface area contributed by atoms with Gasteiger partial charge in [0.2, 0.25) is 0 Å². The number of aromatic nitrogens is 2. The van der Waals surface area contributed by atoms with Crippen molar-refractivity contribution in [3.05, 3.63) is 51.8 Å². The number of aliphatic hydroxyl groups excluding tert-OH is 1. The fourth-order valence-electron chi connectivity index (χ4n) is 2.31. The van der Waals surface area contributed by atoms with Crippen LogP contribution in [-0.2, 0) is 13.0 Å². The van der Waals surface area contributed by atoms with Gasteiger partial charge in [0.05, 0.1) is 11.8 Å². The number of nitrogens with zero attached hydrogens (tertiary/aromatic N) is 2. The third-order valence-electron chi connectivity index (χ3n) is 3.14. The van der Waals surface area contributed by atoms with E-state index in [0.717, 1.165) is 29.1 Å². The molecule has 2 aromatic rings. The van der Waals surface area contributed by atoms with Gasteiger partial charge in [-0.3, -0.25) is 4.68 Å². The molecule has 1 unspecified atom stereocenters. The van der Waals surface area contributed by atoms with E-state index >= 15 is 0 Å². The lowest BCUT2D eigenvalue weighted by atomic mass is 10.0. The summed E-state index contributed by atoms with van der Waals surface area (Å²) >= 11 is 6.03. The normalized spacial score (nSPS) is 12.7. The van der Waals surface area contributed by atoms with Crippen LogP contribution >= 0.6 is 11.6 Å². The molecular formula is C15H19ClN2O. The van der Waals surface area contributed by atoms with E-state index in [1.165, 1.54) is 0 Å². The second-order valence-electron chi connectivity index (χ2n) is 4.87. The summed E-state index contributed by atoms with van der Waals surface area (Å²) in [5.41, 5.74) is 3.93. The lowest BCUT2D eigenvalue weighted by molar-refractivity contribution is 0.175. The van der Waals surface area contributed by atoms with Gasteiger partial charge in [-0.05, 0) is 50.1 Å². The lowest BCUT2D eigenvalue weighted by Gasteiger charge is -2.13. The van der Waals surface area contributed by atoms with Crippen LogP contribution in [0.15, 0.2) is 24.3 Å². The number of benzene rings is 1. The average molecular weight is 279 g/mol. The zero-order chi connectivity index (χ0) is 14.0. The van der Waals surface area contributed by atoms with E-state index in [-0.39, 0.29) is 0 Å². The fourth-order valence-corrected chi connectivity index (χ4v) is 2.61. The number of aryl methyl sites for hydroxylation is 3. The smallest absolute Gasteiger partial charge is 0.0845 e. The number of hydrogen-bond acceptors (Lipinski definition) is 2. The van der Waals surface area contributed by atoms with E-state index < -0.39 is 6.10 Å². The Bertz CT molecular complexity index is 557. The highest BCUT2D eigenvalue weighted by Gasteiger charge is 2.13. The predicted octanol–water partition coefficient (Wildman–Crippen LogP) is 3.45. The van der Waals surface area contributed by atoms with Crippen molar-refractivity contribution in [1.82, 2.24) is 9.78 Å². The van der Waals surface area contributed by atoms with Crippen LogP contribution in [0, 0.1) is 13.8 Å². The SMILES string of the molecule is CCn1nc(C)cc1CC(O)c1cc(C)cc(Cl)c1. The highest BCUT2D eigenvalue weighted by atomic mass is 35.5. The van der Waals surface area contributed by atoms with Crippen molar-refractivity contribution in [2.24, 2.45) is 0 Å². The van der Waals surface area contributed by atoms with Crippen LogP contribution in [-0.4, -0.2) is 14.9 Å². The molecule has 0 bridgehead atoms.